The number of ether oxygens (including phenoxy) is 1. The Kier molecular flexibility index (Phi) is 6.36. The van der Waals surface area contributed by atoms with E-state index >= 15 is 0 Å². The summed E-state index contributed by atoms with van der Waals surface area (Å²) in [6, 6.07) is 17.5. The highest BCUT2D eigenvalue weighted by atomic mass is 32.2. The Hall–Kier alpha value is -2.80. The van der Waals surface area contributed by atoms with Crippen LogP contribution in [0.2, 0.25) is 0 Å². The van der Waals surface area contributed by atoms with E-state index in [1.54, 1.807) is 26.1 Å². The number of carbonyl (C=O) groups excluding carboxylic acids is 1. The highest BCUT2D eigenvalue weighted by Gasteiger charge is 2.26. The van der Waals surface area contributed by atoms with E-state index in [4.69, 9.17) is 4.74 Å². The molecular formula is C21H24N4O2S. The first-order valence-electron chi connectivity index (χ1n) is 9.05. The van der Waals surface area contributed by atoms with Crippen LogP contribution >= 0.6 is 11.8 Å². The zero-order chi connectivity index (χ0) is 20.1. The Bertz CT molecular complexity index is 923. The van der Waals surface area contributed by atoms with Gasteiger partial charge in [0.1, 0.15) is 11.0 Å². The first-order chi connectivity index (χ1) is 13.5. The van der Waals surface area contributed by atoms with Gasteiger partial charge in [0.05, 0.1) is 7.11 Å². The standard InChI is InChI=1S/C21H24N4O2S/c1-5-25-19(16-11-13-17(27-4)14-12-16)22-23-21(25)28-18(20(26)24(2)3)15-9-7-6-8-10-15/h6-14,18H,5H2,1-4H3/t18-/m1/s1. The van der Waals surface area contributed by atoms with E-state index in [0.717, 1.165) is 27.9 Å². The quantitative estimate of drug-likeness (QED) is 0.567. The summed E-state index contributed by atoms with van der Waals surface area (Å²) < 4.78 is 7.26. The van der Waals surface area contributed by atoms with E-state index in [1.165, 1.54) is 11.8 Å². The van der Waals surface area contributed by atoms with E-state index < -0.39 is 0 Å². The molecule has 0 fully saturated rings. The maximum atomic E-state index is 12.8. The van der Waals surface area contributed by atoms with Gasteiger partial charge in [0, 0.05) is 26.2 Å². The van der Waals surface area contributed by atoms with Gasteiger partial charge in [-0.25, -0.2) is 0 Å². The molecule has 0 radical (unpaired) electrons. The van der Waals surface area contributed by atoms with Crippen molar-refractivity contribution in [2.75, 3.05) is 21.2 Å². The average molecular weight is 397 g/mol. The van der Waals surface area contributed by atoms with Gasteiger partial charge in [-0.15, -0.1) is 10.2 Å². The smallest absolute Gasteiger partial charge is 0.240 e. The fourth-order valence-corrected chi connectivity index (χ4v) is 4.09. The Balaban J connectivity index is 1.95. The summed E-state index contributed by atoms with van der Waals surface area (Å²) in [5, 5.41) is 9.12. The molecule has 0 saturated carbocycles. The lowest BCUT2D eigenvalue weighted by Gasteiger charge is -2.20. The monoisotopic (exact) mass is 396 g/mol. The van der Waals surface area contributed by atoms with E-state index in [-0.39, 0.29) is 11.2 Å². The van der Waals surface area contributed by atoms with Crippen LogP contribution in [0.15, 0.2) is 59.8 Å². The highest BCUT2D eigenvalue weighted by molar-refractivity contribution is 8.00. The van der Waals surface area contributed by atoms with Crippen LogP contribution in [0.4, 0.5) is 0 Å². The van der Waals surface area contributed by atoms with Crippen LogP contribution in [0.25, 0.3) is 11.4 Å². The van der Waals surface area contributed by atoms with Gasteiger partial charge >= 0.3 is 0 Å². The molecule has 0 spiro atoms. The topological polar surface area (TPSA) is 60.2 Å². The average Bonchev–Trinajstić information content (AvgIpc) is 3.14. The number of carbonyl (C=O) groups is 1. The lowest BCUT2D eigenvalue weighted by molar-refractivity contribution is -0.128. The second kappa shape index (κ2) is 8.93. The van der Waals surface area contributed by atoms with Gasteiger partial charge in [-0.1, -0.05) is 42.1 Å². The minimum Gasteiger partial charge on any atom is -0.497 e. The van der Waals surface area contributed by atoms with Crippen molar-refractivity contribution in [1.82, 2.24) is 19.7 Å². The van der Waals surface area contributed by atoms with Crippen molar-refractivity contribution in [2.24, 2.45) is 0 Å². The van der Waals surface area contributed by atoms with E-state index in [2.05, 4.69) is 10.2 Å². The van der Waals surface area contributed by atoms with Crippen molar-refractivity contribution >= 4 is 17.7 Å². The molecule has 0 aliphatic carbocycles. The van der Waals surface area contributed by atoms with Crippen LogP contribution in [-0.4, -0.2) is 46.8 Å². The predicted octanol–water partition coefficient (Wildman–Crippen LogP) is 3.90. The van der Waals surface area contributed by atoms with Gasteiger partial charge in [-0.05, 0) is 36.8 Å². The molecule has 0 saturated heterocycles. The van der Waals surface area contributed by atoms with Crippen molar-refractivity contribution in [3.8, 4) is 17.1 Å². The molecule has 146 valence electrons. The number of thioether (sulfide) groups is 1. The zero-order valence-electron chi connectivity index (χ0n) is 16.5. The van der Waals surface area contributed by atoms with Gasteiger partial charge in [-0.3, -0.25) is 4.79 Å². The summed E-state index contributed by atoms with van der Waals surface area (Å²) in [6.45, 7) is 2.75. The number of hydrogen-bond donors (Lipinski definition) is 0. The van der Waals surface area contributed by atoms with Gasteiger partial charge in [0.2, 0.25) is 5.91 Å². The summed E-state index contributed by atoms with van der Waals surface area (Å²) in [5.41, 5.74) is 1.90. The number of hydrogen-bond acceptors (Lipinski definition) is 5. The Morgan fingerprint density at radius 2 is 1.79 bits per heavy atom. The SMILES string of the molecule is CCn1c(S[C@@H](C(=O)N(C)C)c2ccccc2)nnc1-c1ccc(OC)cc1. The number of methoxy groups -OCH3 is 1. The molecule has 28 heavy (non-hydrogen) atoms. The first-order valence-corrected chi connectivity index (χ1v) is 9.93. The number of rotatable bonds is 7. The summed E-state index contributed by atoms with van der Waals surface area (Å²) in [4.78, 5) is 14.4. The number of benzene rings is 2. The molecule has 0 bridgehead atoms. The number of aromatic nitrogens is 3. The normalized spacial score (nSPS) is 11.9. The van der Waals surface area contributed by atoms with Gasteiger partial charge in [-0.2, -0.15) is 0 Å². The van der Waals surface area contributed by atoms with E-state index in [1.807, 2.05) is 66.1 Å². The number of amides is 1. The Labute approximate surface area is 169 Å². The second-order valence-electron chi connectivity index (χ2n) is 6.42. The third-order valence-corrected chi connectivity index (χ3v) is 5.59. The Morgan fingerprint density at radius 1 is 1.11 bits per heavy atom. The van der Waals surface area contributed by atoms with Crippen LogP contribution < -0.4 is 4.74 Å². The summed E-state index contributed by atoms with van der Waals surface area (Å²) in [5.74, 6) is 1.59. The first kappa shape index (κ1) is 19.9. The van der Waals surface area contributed by atoms with Crippen molar-refractivity contribution < 1.29 is 9.53 Å². The zero-order valence-corrected chi connectivity index (χ0v) is 17.3. The maximum Gasteiger partial charge on any atom is 0.240 e. The third-order valence-electron chi connectivity index (χ3n) is 4.37. The minimum absolute atomic E-state index is 0.0212. The molecule has 1 amide bonds. The molecule has 0 unspecified atom stereocenters. The van der Waals surface area contributed by atoms with Crippen molar-refractivity contribution in [2.45, 2.75) is 23.9 Å². The molecule has 1 heterocycles. The second-order valence-corrected chi connectivity index (χ2v) is 7.49. The molecule has 1 aromatic heterocycles. The van der Waals surface area contributed by atoms with Crippen LogP contribution in [0, 0.1) is 0 Å². The molecule has 3 aromatic rings. The summed E-state index contributed by atoms with van der Waals surface area (Å²) in [7, 11) is 5.18. The molecule has 0 aliphatic rings. The van der Waals surface area contributed by atoms with Crippen molar-refractivity contribution in [3.63, 3.8) is 0 Å². The summed E-state index contributed by atoms with van der Waals surface area (Å²) >= 11 is 1.43. The van der Waals surface area contributed by atoms with E-state index in [0.29, 0.717) is 6.54 Å². The van der Waals surface area contributed by atoms with Gasteiger partial charge in [0.15, 0.2) is 11.0 Å². The fraction of sp³-hybridized carbons (Fsp3) is 0.286. The Morgan fingerprint density at radius 3 is 2.36 bits per heavy atom. The van der Waals surface area contributed by atoms with Crippen LogP contribution in [0.5, 0.6) is 5.75 Å². The fourth-order valence-electron chi connectivity index (χ4n) is 2.84. The molecule has 6 nitrogen and oxygen atoms in total. The number of likely N-dealkylation sites (N-methyl/N-ethyl adjacent to an activating group) is 1. The lowest BCUT2D eigenvalue weighted by atomic mass is 10.1. The predicted molar refractivity (Wildman–Crippen MR) is 111 cm³/mol. The molecular weight excluding hydrogens is 372 g/mol. The van der Waals surface area contributed by atoms with Crippen molar-refractivity contribution in [3.05, 3.63) is 60.2 Å². The molecule has 1 atom stereocenters. The van der Waals surface area contributed by atoms with Crippen LogP contribution in [-0.2, 0) is 11.3 Å². The minimum atomic E-state index is -0.380. The number of nitrogens with zero attached hydrogens (tertiary/aromatic N) is 4. The van der Waals surface area contributed by atoms with Gasteiger partial charge in [0.25, 0.3) is 0 Å². The molecule has 2 aromatic carbocycles. The summed E-state index contributed by atoms with van der Waals surface area (Å²) in [6.07, 6.45) is 0. The molecule has 0 N–H and O–H groups in total. The molecule has 0 aliphatic heterocycles. The maximum absolute atomic E-state index is 12.8. The lowest BCUT2D eigenvalue weighted by Crippen LogP contribution is -2.27. The van der Waals surface area contributed by atoms with Gasteiger partial charge < -0.3 is 14.2 Å². The third kappa shape index (κ3) is 4.20. The van der Waals surface area contributed by atoms with Crippen molar-refractivity contribution in [1.29, 1.82) is 0 Å². The largest absolute Gasteiger partial charge is 0.497 e. The molecule has 7 heteroatoms. The molecule has 3 rings (SSSR count). The van der Waals surface area contributed by atoms with E-state index in [9.17, 15) is 4.79 Å². The van der Waals surface area contributed by atoms with Crippen LogP contribution in [0.1, 0.15) is 17.7 Å². The van der Waals surface area contributed by atoms with Crippen LogP contribution in [0.3, 0.4) is 0 Å². The highest BCUT2D eigenvalue weighted by Crippen LogP contribution is 2.37.